The summed E-state index contributed by atoms with van der Waals surface area (Å²) in [6, 6.07) is 18.8. The molecule has 1 aliphatic rings. The second kappa shape index (κ2) is 11.0. The van der Waals surface area contributed by atoms with Crippen molar-refractivity contribution in [3.05, 3.63) is 90.3 Å². The largest absolute Gasteiger partial charge is 0.497 e. The molecule has 1 heterocycles. The number of amides is 1. The standard InChI is InChI=1S/C25H19Cl2IN2O3S/c1-30-24(31)22(34-25(30)29-18-7-9-19(32-2)10-8-18)13-16-11-20(26)23(21(27)12-16)33-14-15-3-5-17(28)6-4-15/h3-13H,14H2,1-2H3/b22-13+,29-25?. The van der Waals surface area contributed by atoms with Crippen LogP contribution in [0.3, 0.4) is 0 Å². The minimum Gasteiger partial charge on any atom is -0.497 e. The van der Waals surface area contributed by atoms with Crippen molar-refractivity contribution >= 4 is 80.4 Å². The minimum absolute atomic E-state index is 0.149. The zero-order chi connectivity index (χ0) is 24.2. The summed E-state index contributed by atoms with van der Waals surface area (Å²) in [4.78, 5) is 19.4. The first kappa shape index (κ1) is 24.9. The van der Waals surface area contributed by atoms with E-state index in [9.17, 15) is 4.79 Å². The van der Waals surface area contributed by atoms with E-state index in [0.717, 1.165) is 20.6 Å². The van der Waals surface area contributed by atoms with Crippen molar-refractivity contribution in [1.82, 2.24) is 4.90 Å². The second-order valence-electron chi connectivity index (χ2n) is 7.30. The molecule has 0 saturated carbocycles. The molecular formula is C25H19Cl2IN2O3S. The molecule has 3 aromatic carbocycles. The van der Waals surface area contributed by atoms with Crippen LogP contribution in [0.2, 0.25) is 10.0 Å². The van der Waals surface area contributed by atoms with Gasteiger partial charge in [0.1, 0.15) is 12.4 Å². The average molecular weight is 625 g/mol. The Balaban J connectivity index is 1.51. The van der Waals surface area contributed by atoms with Crippen molar-refractivity contribution in [1.29, 1.82) is 0 Å². The third-order valence-corrected chi connectivity index (χ3v) is 7.26. The van der Waals surface area contributed by atoms with Crippen LogP contribution in [-0.4, -0.2) is 30.1 Å². The molecule has 174 valence electrons. The highest BCUT2D eigenvalue weighted by Gasteiger charge is 2.30. The number of aliphatic imine (C=N–C) groups is 1. The number of methoxy groups -OCH3 is 1. The van der Waals surface area contributed by atoms with Gasteiger partial charge in [-0.3, -0.25) is 9.69 Å². The lowest BCUT2D eigenvalue weighted by atomic mass is 10.2. The van der Waals surface area contributed by atoms with Crippen LogP contribution in [0.4, 0.5) is 5.69 Å². The maximum atomic E-state index is 12.8. The van der Waals surface area contributed by atoms with Gasteiger partial charge in [-0.05, 0) is 100 Å². The Morgan fingerprint density at radius 2 is 1.71 bits per heavy atom. The van der Waals surface area contributed by atoms with Crippen LogP contribution >= 0.6 is 57.6 Å². The van der Waals surface area contributed by atoms with Gasteiger partial charge >= 0.3 is 0 Å². The summed E-state index contributed by atoms with van der Waals surface area (Å²) in [5.41, 5.74) is 2.44. The Kier molecular flexibility index (Phi) is 8.08. The molecule has 9 heteroatoms. The molecule has 0 unspecified atom stereocenters. The van der Waals surface area contributed by atoms with Gasteiger partial charge < -0.3 is 9.47 Å². The molecule has 0 radical (unpaired) electrons. The SMILES string of the molecule is COc1ccc(N=C2S/C(=C/c3cc(Cl)c(OCc4ccc(I)cc4)c(Cl)c3)C(=O)N2C)cc1. The first-order valence-electron chi connectivity index (χ1n) is 10.1. The Hall–Kier alpha value is -2.20. The van der Waals surface area contributed by atoms with Crippen LogP contribution < -0.4 is 9.47 Å². The number of carbonyl (C=O) groups is 1. The molecule has 0 N–H and O–H groups in total. The van der Waals surface area contributed by atoms with Gasteiger partial charge in [0.05, 0.1) is 27.7 Å². The lowest BCUT2D eigenvalue weighted by Crippen LogP contribution is -2.23. The quantitative estimate of drug-likeness (QED) is 0.212. The fourth-order valence-electron chi connectivity index (χ4n) is 3.11. The monoisotopic (exact) mass is 624 g/mol. The van der Waals surface area contributed by atoms with E-state index in [4.69, 9.17) is 32.7 Å². The van der Waals surface area contributed by atoms with E-state index in [1.807, 2.05) is 48.5 Å². The van der Waals surface area contributed by atoms with Gasteiger partial charge in [-0.25, -0.2) is 4.99 Å². The number of thioether (sulfide) groups is 1. The Labute approximate surface area is 225 Å². The van der Waals surface area contributed by atoms with E-state index in [1.54, 1.807) is 32.4 Å². The van der Waals surface area contributed by atoms with Crippen LogP contribution in [0.25, 0.3) is 6.08 Å². The number of benzene rings is 3. The number of hydrogen-bond donors (Lipinski definition) is 0. The summed E-state index contributed by atoms with van der Waals surface area (Å²) < 4.78 is 12.2. The molecule has 0 atom stereocenters. The number of carbonyl (C=O) groups excluding carboxylic acids is 1. The number of hydrogen-bond acceptors (Lipinski definition) is 5. The fraction of sp³-hybridized carbons (Fsp3) is 0.120. The van der Waals surface area contributed by atoms with E-state index in [-0.39, 0.29) is 5.91 Å². The number of nitrogens with zero attached hydrogens (tertiary/aromatic N) is 2. The van der Waals surface area contributed by atoms with E-state index in [0.29, 0.717) is 38.0 Å². The zero-order valence-corrected chi connectivity index (χ0v) is 22.7. The van der Waals surface area contributed by atoms with Crippen molar-refractivity contribution in [3.8, 4) is 11.5 Å². The first-order chi connectivity index (χ1) is 16.3. The van der Waals surface area contributed by atoms with Crippen molar-refractivity contribution in [2.45, 2.75) is 6.61 Å². The molecule has 0 bridgehead atoms. The molecule has 1 amide bonds. The summed E-state index contributed by atoms with van der Waals surface area (Å²) in [6.45, 7) is 0.348. The van der Waals surface area contributed by atoms with E-state index < -0.39 is 0 Å². The van der Waals surface area contributed by atoms with Crippen molar-refractivity contribution in [2.24, 2.45) is 4.99 Å². The summed E-state index contributed by atoms with van der Waals surface area (Å²) >= 11 is 16.5. The van der Waals surface area contributed by atoms with Gasteiger partial charge in [0, 0.05) is 10.6 Å². The first-order valence-corrected chi connectivity index (χ1v) is 12.8. The van der Waals surface area contributed by atoms with Crippen LogP contribution in [0.1, 0.15) is 11.1 Å². The Morgan fingerprint density at radius 1 is 1.06 bits per heavy atom. The number of ether oxygens (including phenoxy) is 2. The van der Waals surface area contributed by atoms with Crippen molar-refractivity contribution < 1.29 is 14.3 Å². The smallest absolute Gasteiger partial charge is 0.266 e. The fourth-order valence-corrected chi connectivity index (χ4v) is 5.07. The minimum atomic E-state index is -0.149. The molecule has 5 nitrogen and oxygen atoms in total. The summed E-state index contributed by atoms with van der Waals surface area (Å²) in [5, 5.41) is 1.33. The predicted octanol–water partition coefficient (Wildman–Crippen LogP) is 7.42. The number of likely N-dealkylation sites (N-methyl/N-ethyl adjacent to an activating group) is 1. The molecule has 4 rings (SSSR count). The zero-order valence-electron chi connectivity index (χ0n) is 18.2. The van der Waals surface area contributed by atoms with Gasteiger partial charge in [-0.2, -0.15) is 0 Å². The van der Waals surface area contributed by atoms with Gasteiger partial charge in [-0.1, -0.05) is 35.3 Å². The predicted molar refractivity (Wildman–Crippen MR) is 148 cm³/mol. The molecule has 3 aromatic rings. The van der Waals surface area contributed by atoms with Gasteiger partial charge in [0.25, 0.3) is 5.91 Å². The summed E-state index contributed by atoms with van der Waals surface area (Å²) in [5.74, 6) is 1.00. The molecule has 34 heavy (non-hydrogen) atoms. The number of halogens is 3. The van der Waals surface area contributed by atoms with Crippen molar-refractivity contribution in [2.75, 3.05) is 14.2 Å². The normalized spacial score (nSPS) is 15.9. The van der Waals surface area contributed by atoms with Gasteiger partial charge in [0.15, 0.2) is 10.9 Å². The van der Waals surface area contributed by atoms with Crippen LogP contribution in [0, 0.1) is 3.57 Å². The summed E-state index contributed by atoms with van der Waals surface area (Å²) in [7, 11) is 3.30. The Morgan fingerprint density at radius 3 is 2.32 bits per heavy atom. The molecule has 0 spiro atoms. The molecule has 1 fully saturated rings. The van der Waals surface area contributed by atoms with E-state index in [1.165, 1.54) is 16.7 Å². The molecule has 0 aliphatic carbocycles. The lowest BCUT2D eigenvalue weighted by molar-refractivity contribution is -0.121. The molecule has 1 saturated heterocycles. The van der Waals surface area contributed by atoms with Gasteiger partial charge in [-0.15, -0.1) is 0 Å². The molecule has 0 aromatic heterocycles. The highest BCUT2D eigenvalue weighted by molar-refractivity contribution is 14.1. The molecular weight excluding hydrogens is 606 g/mol. The van der Waals surface area contributed by atoms with E-state index >= 15 is 0 Å². The number of rotatable bonds is 6. The topological polar surface area (TPSA) is 51.1 Å². The van der Waals surface area contributed by atoms with Crippen LogP contribution in [-0.2, 0) is 11.4 Å². The second-order valence-corrected chi connectivity index (χ2v) is 10.4. The highest BCUT2D eigenvalue weighted by atomic mass is 127. The lowest BCUT2D eigenvalue weighted by Gasteiger charge is -2.11. The third kappa shape index (κ3) is 5.89. The van der Waals surface area contributed by atoms with E-state index in [2.05, 4.69) is 27.6 Å². The summed E-state index contributed by atoms with van der Waals surface area (Å²) in [6.07, 6.45) is 1.75. The van der Waals surface area contributed by atoms with Crippen LogP contribution in [0.15, 0.2) is 70.6 Å². The van der Waals surface area contributed by atoms with Crippen LogP contribution in [0.5, 0.6) is 11.5 Å². The maximum Gasteiger partial charge on any atom is 0.266 e. The highest BCUT2D eigenvalue weighted by Crippen LogP contribution is 2.38. The number of amidine groups is 1. The molecule has 1 aliphatic heterocycles. The van der Waals surface area contributed by atoms with Gasteiger partial charge in [0.2, 0.25) is 0 Å². The average Bonchev–Trinajstić information content (AvgIpc) is 3.08. The Bertz CT molecular complexity index is 1260. The maximum absolute atomic E-state index is 12.8. The third-order valence-electron chi connectivity index (χ3n) is 4.92. The van der Waals surface area contributed by atoms with Crippen molar-refractivity contribution in [3.63, 3.8) is 0 Å².